The number of rotatable bonds is 1. The Morgan fingerprint density at radius 2 is 1.89 bits per heavy atom. The number of aromatic nitrogens is 2. The van der Waals surface area contributed by atoms with Gasteiger partial charge in [-0.2, -0.15) is 0 Å². The number of aliphatic hydroxyl groups excluding tert-OH is 1. The molecule has 4 atom stereocenters. The van der Waals surface area contributed by atoms with Gasteiger partial charge in [-0.05, 0) is 57.3 Å². The third kappa shape index (κ3) is 2.22. The van der Waals surface area contributed by atoms with Crippen LogP contribution in [-0.4, -0.2) is 20.8 Å². The van der Waals surface area contributed by atoms with Crippen LogP contribution in [0.25, 0.3) is 0 Å². The molecule has 2 aliphatic rings. The summed E-state index contributed by atoms with van der Waals surface area (Å²) in [4.78, 5) is 4.77. The molecular formula is C16H26N2O. The predicted octanol–water partition coefficient (Wildman–Crippen LogP) is 3.04. The van der Waals surface area contributed by atoms with Gasteiger partial charge in [0.2, 0.25) is 0 Å². The minimum atomic E-state index is -0.210. The van der Waals surface area contributed by atoms with E-state index >= 15 is 0 Å². The van der Waals surface area contributed by atoms with Crippen LogP contribution in [-0.2, 0) is 12.8 Å². The normalized spacial score (nSPS) is 35.2. The zero-order chi connectivity index (χ0) is 13.6. The van der Waals surface area contributed by atoms with Crippen LogP contribution in [0.5, 0.6) is 0 Å². The van der Waals surface area contributed by atoms with Gasteiger partial charge in [0.25, 0.3) is 0 Å². The van der Waals surface area contributed by atoms with E-state index in [2.05, 4.69) is 25.3 Å². The first-order valence-corrected chi connectivity index (χ1v) is 7.82. The van der Waals surface area contributed by atoms with Crippen LogP contribution in [0.4, 0.5) is 0 Å². The summed E-state index contributed by atoms with van der Waals surface area (Å²) in [6, 6.07) is 0.241. The van der Waals surface area contributed by atoms with E-state index in [9.17, 15) is 5.11 Å². The van der Waals surface area contributed by atoms with Crippen LogP contribution >= 0.6 is 0 Å². The van der Waals surface area contributed by atoms with E-state index in [1.807, 2.05) is 0 Å². The lowest BCUT2D eigenvalue weighted by molar-refractivity contribution is 0.0212. The second-order valence-corrected chi connectivity index (χ2v) is 6.74. The molecule has 0 aliphatic heterocycles. The highest BCUT2D eigenvalue weighted by molar-refractivity contribution is 5.21. The molecule has 3 rings (SSSR count). The molecule has 4 unspecified atom stereocenters. The summed E-state index contributed by atoms with van der Waals surface area (Å²) in [5.74, 6) is 2.29. The molecule has 1 aromatic heterocycles. The van der Waals surface area contributed by atoms with Gasteiger partial charge in [0, 0.05) is 5.69 Å². The Labute approximate surface area is 116 Å². The molecule has 1 fully saturated rings. The van der Waals surface area contributed by atoms with E-state index in [-0.39, 0.29) is 12.1 Å². The SMILES string of the molecule is Cc1nc2c(n1C1C(C)CC(C)CC1O)CCCC2. The number of imidazole rings is 1. The molecule has 19 heavy (non-hydrogen) atoms. The van der Waals surface area contributed by atoms with Gasteiger partial charge in [-0.3, -0.25) is 0 Å². The molecule has 0 spiro atoms. The number of fused-ring (bicyclic) bond motifs is 1. The van der Waals surface area contributed by atoms with Crippen LogP contribution in [0.15, 0.2) is 0 Å². The number of nitrogens with zero attached hydrogens (tertiary/aromatic N) is 2. The fraction of sp³-hybridized carbons (Fsp3) is 0.812. The zero-order valence-electron chi connectivity index (χ0n) is 12.4. The van der Waals surface area contributed by atoms with E-state index in [1.54, 1.807) is 0 Å². The number of aliphatic hydroxyl groups is 1. The highest BCUT2D eigenvalue weighted by atomic mass is 16.3. The standard InChI is InChI=1S/C16H26N2O/c1-10-8-11(2)16(15(19)9-10)18-12(3)17-13-6-4-5-7-14(13)18/h10-11,15-16,19H,4-9H2,1-3H3. The summed E-state index contributed by atoms with van der Waals surface area (Å²) in [6.45, 7) is 6.65. The Morgan fingerprint density at radius 1 is 1.16 bits per heavy atom. The van der Waals surface area contributed by atoms with Crippen LogP contribution < -0.4 is 0 Å². The lowest BCUT2D eigenvalue weighted by Crippen LogP contribution is -2.37. The summed E-state index contributed by atoms with van der Waals surface area (Å²) in [7, 11) is 0. The first-order valence-electron chi connectivity index (χ1n) is 7.82. The molecule has 1 saturated carbocycles. The van der Waals surface area contributed by atoms with Gasteiger partial charge in [-0.25, -0.2) is 4.98 Å². The lowest BCUT2D eigenvalue weighted by atomic mass is 9.77. The molecule has 0 radical (unpaired) electrons. The average molecular weight is 262 g/mol. The maximum absolute atomic E-state index is 10.6. The quantitative estimate of drug-likeness (QED) is 0.844. The van der Waals surface area contributed by atoms with E-state index in [0.717, 1.165) is 25.1 Å². The van der Waals surface area contributed by atoms with Crippen molar-refractivity contribution in [3.8, 4) is 0 Å². The molecule has 0 amide bonds. The predicted molar refractivity (Wildman–Crippen MR) is 76.2 cm³/mol. The van der Waals surface area contributed by atoms with E-state index in [1.165, 1.54) is 30.7 Å². The third-order valence-electron chi connectivity index (χ3n) is 5.04. The molecular weight excluding hydrogens is 236 g/mol. The fourth-order valence-electron chi connectivity index (χ4n) is 4.32. The Hall–Kier alpha value is -0.830. The molecule has 106 valence electrons. The van der Waals surface area contributed by atoms with Gasteiger partial charge < -0.3 is 9.67 Å². The van der Waals surface area contributed by atoms with Crippen molar-refractivity contribution in [1.82, 2.24) is 9.55 Å². The van der Waals surface area contributed by atoms with Gasteiger partial charge in [-0.15, -0.1) is 0 Å². The van der Waals surface area contributed by atoms with E-state index in [0.29, 0.717) is 11.8 Å². The van der Waals surface area contributed by atoms with Crippen LogP contribution in [0.1, 0.15) is 62.8 Å². The highest BCUT2D eigenvalue weighted by Gasteiger charge is 2.36. The maximum atomic E-state index is 10.6. The number of hydrogen-bond acceptors (Lipinski definition) is 2. The van der Waals surface area contributed by atoms with E-state index in [4.69, 9.17) is 4.98 Å². The second kappa shape index (κ2) is 4.93. The van der Waals surface area contributed by atoms with Crippen molar-refractivity contribution < 1.29 is 5.11 Å². The highest BCUT2D eigenvalue weighted by Crippen LogP contribution is 2.39. The number of hydrogen-bond donors (Lipinski definition) is 1. The molecule has 1 heterocycles. The van der Waals surface area contributed by atoms with Crippen LogP contribution in [0.2, 0.25) is 0 Å². The van der Waals surface area contributed by atoms with Crippen molar-refractivity contribution in [3.05, 3.63) is 17.2 Å². The summed E-state index contributed by atoms with van der Waals surface area (Å²) in [6.07, 6.45) is 6.74. The van der Waals surface area contributed by atoms with Crippen LogP contribution in [0, 0.1) is 18.8 Å². The molecule has 3 heteroatoms. The van der Waals surface area contributed by atoms with E-state index < -0.39 is 0 Å². The minimum absolute atomic E-state index is 0.210. The molecule has 0 bridgehead atoms. The first kappa shape index (κ1) is 13.2. The Kier molecular flexibility index (Phi) is 3.42. The smallest absolute Gasteiger partial charge is 0.106 e. The minimum Gasteiger partial charge on any atom is -0.391 e. The van der Waals surface area contributed by atoms with Crippen molar-refractivity contribution in [3.63, 3.8) is 0 Å². The lowest BCUT2D eigenvalue weighted by Gasteiger charge is -2.39. The maximum Gasteiger partial charge on any atom is 0.106 e. The molecule has 0 aromatic carbocycles. The number of aryl methyl sites for hydroxylation is 2. The van der Waals surface area contributed by atoms with Crippen molar-refractivity contribution in [2.45, 2.75) is 71.4 Å². The Bertz CT molecular complexity index is 454. The van der Waals surface area contributed by atoms with Crippen LogP contribution in [0.3, 0.4) is 0 Å². The van der Waals surface area contributed by atoms with Crippen molar-refractivity contribution >= 4 is 0 Å². The topological polar surface area (TPSA) is 38.0 Å². The summed E-state index contributed by atoms with van der Waals surface area (Å²) in [5.41, 5.74) is 2.70. The molecule has 3 nitrogen and oxygen atoms in total. The van der Waals surface area contributed by atoms with Crippen molar-refractivity contribution in [1.29, 1.82) is 0 Å². The molecule has 1 aromatic rings. The molecule has 0 saturated heterocycles. The zero-order valence-corrected chi connectivity index (χ0v) is 12.4. The monoisotopic (exact) mass is 262 g/mol. The Morgan fingerprint density at radius 3 is 2.63 bits per heavy atom. The fourth-order valence-corrected chi connectivity index (χ4v) is 4.32. The average Bonchev–Trinajstić information content (AvgIpc) is 2.65. The van der Waals surface area contributed by atoms with Crippen molar-refractivity contribution in [2.24, 2.45) is 11.8 Å². The van der Waals surface area contributed by atoms with Crippen molar-refractivity contribution in [2.75, 3.05) is 0 Å². The largest absolute Gasteiger partial charge is 0.391 e. The third-order valence-corrected chi connectivity index (χ3v) is 5.04. The second-order valence-electron chi connectivity index (χ2n) is 6.74. The summed E-state index contributed by atoms with van der Waals surface area (Å²) >= 11 is 0. The Balaban J connectivity index is 1.99. The van der Waals surface area contributed by atoms with Gasteiger partial charge in [-0.1, -0.05) is 13.8 Å². The van der Waals surface area contributed by atoms with Gasteiger partial charge in [0.05, 0.1) is 17.8 Å². The van der Waals surface area contributed by atoms with Gasteiger partial charge >= 0.3 is 0 Å². The summed E-state index contributed by atoms with van der Waals surface area (Å²) in [5, 5.41) is 10.6. The van der Waals surface area contributed by atoms with Gasteiger partial charge in [0.1, 0.15) is 5.82 Å². The first-order chi connectivity index (χ1) is 9.08. The molecule has 1 N–H and O–H groups in total. The molecule has 2 aliphatic carbocycles. The van der Waals surface area contributed by atoms with Gasteiger partial charge in [0.15, 0.2) is 0 Å². The summed E-state index contributed by atoms with van der Waals surface area (Å²) < 4.78 is 2.38.